The van der Waals surface area contributed by atoms with E-state index in [-0.39, 0.29) is 0 Å². The molecule has 28 heavy (non-hydrogen) atoms. The number of carbonyl (C=O) groups excluding carboxylic acids is 2. The number of ether oxygens (including phenoxy) is 3. The molecule has 0 radical (unpaired) electrons. The smallest absolute Gasteiger partial charge is 0.362 e. The quantitative estimate of drug-likeness (QED) is 0.273. The Hall–Kier alpha value is -3.48. The number of hydrogen-bond acceptors (Lipinski definition) is 7. The molecule has 0 fully saturated rings. The normalized spacial score (nSPS) is 9.89. The Morgan fingerprint density at radius 2 is 1.61 bits per heavy atom. The van der Waals surface area contributed by atoms with Crippen LogP contribution < -0.4 is 15.0 Å². The number of unbranched alkanes of at least 4 members (excludes halogenated alkanes) is 1. The highest BCUT2D eigenvalue weighted by Gasteiger charge is 2.08. The van der Waals surface area contributed by atoms with Crippen molar-refractivity contribution in [3.8, 4) is 11.5 Å². The third kappa shape index (κ3) is 7.03. The number of anilines is 1. The zero-order valence-corrected chi connectivity index (χ0v) is 15.7. The van der Waals surface area contributed by atoms with E-state index in [0.29, 0.717) is 42.4 Å². The molecule has 0 saturated heterocycles. The lowest BCUT2D eigenvalue weighted by Gasteiger charge is -2.09. The van der Waals surface area contributed by atoms with Gasteiger partial charge in [0.25, 0.3) is 0 Å². The fourth-order valence-electron chi connectivity index (χ4n) is 2.14. The number of hydrogen-bond donors (Lipinski definition) is 1. The van der Waals surface area contributed by atoms with Crippen LogP contribution in [0.2, 0.25) is 0 Å². The Balaban J connectivity index is 1.69. The Bertz CT molecular complexity index is 770. The second-order valence-electron chi connectivity index (χ2n) is 5.67. The van der Waals surface area contributed by atoms with Crippen LogP contribution in [-0.2, 0) is 14.4 Å². The molecule has 1 N–H and O–H groups in total. The summed E-state index contributed by atoms with van der Waals surface area (Å²) >= 11 is 0. The van der Waals surface area contributed by atoms with Crippen molar-refractivity contribution in [2.24, 2.45) is 0 Å². The summed E-state index contributed by atoms with van der Waals surface area (Å²) < 4.78 is 15.5. The molecule has 0 bridgehead atoms. The Labute approximate surface area is 163 Å². The van der Waals surface area contributed by atoms with Gasteiger partial charge in [0.05, 0.1) is 31.6 Å². The summed E-state index contributed by atoms with van der Waals surface area (Å²) in [5.41, 5.74) is 3.62. The molecule has 7 heteroatoms. The number of rotatable bonds is 11. The number of benzene rings is 2. The van der Waals surface area contributed by atoms with Gasteiger partial charge in [-0.3, -0.25) is 0 Å². The Kier molecular flexibility index (Phi) is 8.39. The Morgan fingerprint density at radius 1 is 0.964 bits per heavy atom. The molecule has 0 aromatic heterocycles. The van der Waals surface area contributed by atoms with Gasteiger partial charge in [-0.1, -0.05) is 6.58 Å². The van der Waals surface area contributed by atoms with Gasteiger partial charge in [0.1, 0.15) is 11.5 Å². The molecule has 0 aliphatic carbocycles. The molecule has 0 atom stereocenters. The molecule has 2 aromatic carbocycles. The van der Waals surface area contributed by atoms with Crippen LogP contribution >= 0.6 is 0 Å². The minimum absolute atomic E-state index is 0.334. The van der Waals surface area contributed by atoms with Crippen molar-refractivity contribution < 1.29 is 28.6 Å². The number of nitrogens with one attached hydrogen (secondary N) is 1. The van der Waals surface area contributed by atoms with Gasteiger partial charge < -0.3 is 19.0 Å². The van der Waals surface area contributed by atoms with E-state index in [2.05, 4.69) is 12.1 Å². The van der Waals surface area contributed by atoms with Crippen LogP contribution in [0.4, 0.5) is 5.69 Å². The summed E-state index contributed by atoms with van der Waals surface area (Å²) in [6, 6.07) is 13.6. The molecule has 2 aromatic rings. The molecule has 0 heterocycles. The van der Waals surface area contributed by atoms with Crippen LogP contribution in [-0.4, -0.2) is 32.3 Å². The largest absolute Gasteiger partial charge is 0.497 e. The van der Waals surface area contributed by atoms with Crippen LogP contribution in [0.25, 0.3) is 0 Å². The molecule has 0 amide bonds. The highest BCUT2D eigenvalue weighted by Crippen LogP contribution is 2.16. The first-order valence-electron chi connectivity index (χ1n) is 8.75. The SMILES string of the molecule is C=CC(=O)OCCCCOc1ccc(C(=O)ONc2ccc(OC)cc2)cc1. The third-order valence-electron chi connectivity index (χ3n) is 3.66. The molecular formula is C21H23NO6. The molecule has 0 aliphatic heterocycles. The highest BCUT2D eigenvalue weighted by molar-refractivity contribution is 5.90. The van der Waals surface area contributed by atoms with Crippen LogP contribution in [0.5, 0.6) is 11.5 Å². The van der Waals surface area contributed by atoms with E-state index in [9.17, 15) is 9.59 Å². The molecule has 0 spiro atoms. The maximum atomic E-state index is 12.1. The van der Waals surface area contributed by atoms with Gasteiger partial charge in [0.15, 0.2) is 0 Å². The zero-order chi connectivity index (χ0) is 20.2. The Morgan fingerprint density at radius 3 is 2.25 bits per heavy atom. The van der Waals surface area contributed by atoms with Crippen LogP contribution in [0.15, 0.2) is 61.2 Å². The van der Waals surface area contributed by atoms with Gasteiger partial charge in [-0.2, -0.15) is 0 Å². The van der Waals surface area contributed by atoms with Crippen molar-refractivity contribution in [2.45, 2.75) is 12.8 Å². The van der Waals surface area contributed by atoms with Gasteiger partial charge in [-0.15, -0.1) is 0 Å². The zero-order valence-electron chi connectivity index (χ0n) is 15.7. The maximum absolute atomic E-state index is 12.1. The van der Waals surface area contributed by atoms with Gasteiger partial charge in [-0.05, 0) is 61.4 Å². The second-order valence-corrected chi connectivity index (χ2v) is 5.67. The third-order valence-corrected chi connectivity index (χ3v) is 3.66. The van der Waals surface area contributed by atoms with Crippen LogP contribution in [0.3, 0.4) is 0 Å². The molecular weight excluding hydrogens is 362 g/mol. The average Bonchev–Trinajstić information content (AvgIpc) is 2.75. The van der Waals surface area contributed by atoms with E-state index < -0.39 is 11.9 Å². The van der Waals surface area contributed by atoms with Crippen LogP contribution in [0.1, 0.15) is 23.2 Å². The minimum Gasteiger partial charge on any atom is -0.497 e. The minimum atomic E-state index is -0.508. The first-order valence-corrected chi connectivity index (χ1v) is 8.75. The molecule has 7 nitrogen and oxygen atoms in total. The molecule has 2 rings (SSSR count). The van der Waals surface area contributed by atoms with Gasteiger partial charge >= 0.3 is 11.9 Å². The van der Waals surface area contributed by atoms with E-state index >= 15 is 0 Å². The van der Waals surface area contributed by atoms with E-state index in [1.165, 1.54) is 0 Å². The standard InChI is InChI=1S/C21H23NO6/c1-3-20(23)27-15-5-4-14-26-19-10-6-16(7-11-19)21(24)28-22-17-8-12-18(25-2)13-9-17/h3,6-13,22H,1,4-5,14-15H2,2H3. The van der Waals surface area contributed by atoms with E-state index in [1.54, 1.807) is 55.6 Å². The number of esters is 1. The topological polar surface area (TPSA) is 83.1 Å². The summed E-state index contributed by atoms with van der Waals surface area (Å²) in [5, 5.41) is 0. The fourth-order valence-corrected chi connectivity index (χ4v) is 2.14. The molecule has 0 aliphatic rings. The van der Waals surface area contributed by atoms with Crippen molar-refractivity contribution >= 4 is 17.6 Å². The van der Waals surface area contributed by atoms with Crippen molar-refractivity contribution in [1.82, 2.24) is 0 Å². The van der Waals surface area contributed by atoms with Gasteiger partial charge in [-0.25, -0.2) is 15.1 Å². The lowest BCUT2D eigenvalue weighted by Crippen LogP contribution is -2.10. The lowest BCUT2D eigenvalue weighted by molar-refractivity contribution is -0.137. The van der Waals surface area contributed by atoms with Gasteiger partial charge in [0.2, 0.25) is 0 Å². The van der Waals surface area contributed by atoms with Crippen molar-refractivity contribution in [3.63, 3.8) is 0 Å². The van der Waals surface area contributed by atoms with Crippen LogP contribution in [0, 0.1) is 0 Å². The first-order chi connectivity index (χ1) is 13.6. The summed E-state index contributed by atoms with van der Waals surface area (Å²) in [7, 11) is 1.58. The molecule has 0 saturated carbocycles. The number of methoxy groups -OCH3 is 1. The molecule has 148 valence electrons. The average molecular weight is 385 g/mol. The summed E-state index contributed by atoms with van der Waals surface area (Å²) in [4.78, 5) is 28.0. The fraction of sp³-hybridized carbons (Fsp3) is 0.238. The summed E-state index contributed by atoms with van der Waals surface area (Å²) in [6.45, 7) is 4.14. The maximum Gasteiger partial charge on any atom is 0.362 e. The van der Waals surface area contributed by atoms with E-state index in [1.807, 2.05) is 0 Å². The van der Waals surface area contributed by atoms with Crippen molar-refractivity contribution in [3.05, 3.63) is 66.7 Å². The highest BCUT2D eigenvalue weighted by atomic mass is 16.7. The summed E-state index contributed by atoms with van der Waals surface area (Å²) in [6.07, 6.45) is 2.57. The van der Waals surface area contributed by atoms with Crippen molar-refractivity contribution in [1.29, 1.82) is 0 Å². The predicted molar refractivity (Wildman–Crippen MR) is 104 cm³/mol. The molecule has 0 unspecified atom stereocenters. The predicted octanol–water partition coefficient (Wildman–Crippen LogP) is 3.77. The van der Waals surface area contributed by atoms with Crippen molar-refractivity contribution in [2.75, 3.05) is 25.8 Å². The van der Waals surface area contributed by atoms with E-state index in [4.69, 9.17) is 19.0 Å². The first kappa shape index (κ1) is 20.8. The monoisotopic (exact) mass is 385 g/mol. The second kappa shape index (κ2) is 11.3. The lowest BCUT2D eigenvalue weighted by atomic mass is 10.2. The van der Waals surface area contributed by atoms with E-state index in [0.717, 1.165) is 12.5 Å². The summed E-state index contributed by atoms with van der Waals surface area (Å²) in [5.74, 6) is 0.421. The van der Waals surface area contributed by atoms with Gasteiger partial charge in [0, 0.05) is 6.08 Å². The number of carbonyl (C=O) groups is 2.